The number of anilines is 1. The lowest BCUT2D eigenvalue weighted by molar-refractivity contribution is 0.483. The molecule has 3 aromatic rings. The summed E-state index contributed by atoms with van der Waals surface area (Å²) in [6.45, 7) is 0.0282. The minimum atomic E-state index is -0.427. The van der Waals surface area contributed by atoms with E-state index in [2.05, 4.69) is 10.3 Å². The zero-order valence-electron chi connectivity index (χ0n) is 14.4. The van der Waals surface area contributed by atoms with Gasteiger partial charge in [-0.05, 0) is 42.5 Å². The van der Waals surface area contributed by atoms with Gasteiger partial charge < -0.3 is 15.8 Å². The number of guanidine groups is 1. The van der Waals surface area contributed by atoms with Gasteiger partial charge in [-0.1, -0.05) is 24.3 Å². The van der Waals surface area contributed by atoms with Crippen LogP contribution in [0.3, 0.4) is 0 Å². The Labute approximate surface area is 156 Å². The lowest BCUT2D eigenvalue weighted by atomic mass is 10.1. The van der Waals surface area contributed by atoms with E-state index in [1.807, 2.05) is 54.6 Å². The first kappa shape index (κ1) is 18.0. The van der Waals surface area contributed by atoms with Crippen LogP contribution in [0.1, 0.15) is 11.1 Å². The SMILES string of the molecule is N#Cc1ccc(F)c(CN=C(N)Nc2cccc(Oc3ccccc3)c2)c1. The highest BCUT2D eigenvalue weighted by atomic mass is 19.1. The number of nitrogens with two attached hydrogens (primary N) is 1. The van der Waals surface area contributed by atoms with Crippen molar-refractivity contribution in [3.8, 4) is 17.6 Å². The number of nitriles is 1. The second-order valence-corrected chi connectivity index (χ2v) is 5.69. The third-order valence-corrected chi connectivity index (χ3v) is 3.68. The molecule has 3 rings (SSSR count). The highest BCUT2D eigenvalue weighted by Crippen LogP contribution is 2.23. The summed E-state index contributed by atoms with van der Waals surface area (Å²) in [5, 5.41) is 11.8. The molecule has 0 saturated heterocycles. The molecule has 0 aliphatic rings. The molecule has 5 nitrogen and oxygen atoms in total. The van der Waals surface area contributed by atoms with Crippen LogP contribution in [-0.2, 0) is 6.54 Å². The van der Waals surface area contributed by atoms with Crippen LogP contribution < -0.4 is 15.8 Å². The first-order chi connectivity index (χ1) is 13.1. The van der Waals surface area contributed by atoms with E-state index in [-0.39, 0.29) is 12.5 Å². The van der Waals surface area contributed by atoms with E-state index < -0.39 is 5.82 Å². The van der Waals surface area contributed by atoms with Crippen molar-refractivity contribution >= 4 is 11.6 Å². The number of nitrogens with zero attached hydrogens (tertiary/aromatic N) is 2. The summed E-state index contributed by atoms with van der Waals surface area (Å²) >= 11 is 0. The predicted octanol–water partition coefficient (Wildman–Crippen LogP) is 4.42. The molecule has 0 saturated carbocycles. The van der Waals surface area contributed by atoms with Gasteiger partial charge in [0, 0.05) is 17.3 Å². The van der Waals surface area contributed by atoms with Crippen LogP contribution in [0.5, 0.6) is 11.5 Å². The summed E-state index contributed by atoms with van der Waals surface area (Å²) in [5.74, 6) is 1.08. The number of benzene rings is 3. The molecule has 0 bridgehead atoms. The van der Waals surface area contributed by atoms with Crippen molar-refractivity contribution in [2.75, 3.05) is 5.32 Å². The van der Waals surface area contributed by atoms with Crippen molar-refractivity contribution in [1.82, 2.24) is 0 Å². The number of hydrogen-bond donors (Lipinski definition) is 2. The van der Waals surface area contributed by atoms with Crippen LogP contribution >= 0.6 is 0 Å². The van der Waals surface area contributed by atoms with E-state index in [9.17, 15) is 4.39 Å². The summed E-state index contributed by atoms with van der Waals surface area (Å²) in [5.41, 5.74) is 7.26. The van der Waals surface area contributed by atoms with Gasteiger partial charge in [-0.2, -0.15) is 5.26 Å². The normalized spacial score (nSPS) is 10.9. The number of aliphatic imine (C=N–C) groups is 1. The Balaban J connectivity index is 1.67. The molecule has 0 spiro atoms. The lowest BCUT2D eigenvalue weighted by Crippen LogP contribution is -2.22. The number of ether oxygens (including phenoxy) is 1. The molecule has 27 heavy (non-hydrogen) atoms. The molecule has 0 atom stereocenters. The Hall–Kier alpha value is -3.85. The van der Waals surface area contributed by atoms with Crippen molar-refractivity contribution in [2.24, 2.45) is 10.7 Å². The molecule has 0 aliphatic heterocycles. The van der Waals surface area contributed by atoms with E-state index in [0.717, 1.165) is 5.75 Å². The van der Waals surface area contributed by atoms with E-state index in [1.54, 1.807) is 6.07 Å². The fraction of sp³-hybridized carbons (Fsp3) is 0.0476. The number of hydrogen-bond acceptors (Lipinski definition) is 3. The van der Waals surface area contributed by atoms with Crippen LogP contribution in [0.15, 0.2) is 77.8 Å². The number of halogens is 1. The zero-order valence-corrected chi connectivity index (χ0v) is 14.4. The van der Waals surface area contributed by atoms with Gasteiger partial charge in [0.15, 0.2) is 5.96 Å². The fourth-order valence-electron chi connectivity index (χ4n) is 2.39. The standard InChI is InChI=1S/C21H17FN4O/c22-20-10-9-15(13-23)11-16(20)14-25-21(24)26-17-5-4-8-19(12-17)27-18-6-2-1-3-7-18/h1-12H,14H2,(H3,24,25,26). The van der Waals surface area contributed by atoms with Crippen LogP contribution in [0.2, 0.25) is 0 Å². The monoisotopic (exact) mass is 360 g/mol. The second kappa shape index (κ2) is 8.50. The summed E-state index contributed by atoms with van der Waals surface area (Å²) in [6, 6.07) is 22.8. The summed E-state index contributed by atoms with van der Waals surface area (Å²) in [6.07, 6.45) is 0. The molecule has 3 N–H and O–H groups in total. The fourth-order valence-corrected chi connectivity index (χ4v) is 2.39. The van der Waals surface area contributed by atoms with Gasteiger partial charge in [0.2, 0.25) is 0 Å². The molecule has 0 heterocycles. The molecule has 3 aromatic carbocycles. The quantitative estimate of drug-likeness (QED) is 0.521. The summed E-state index contributed by atoms with van der Waals surface area (Å²) in [4.78, 5) is 4.13. The van der Waals surface area contributed by atoms with Crippen molar-refractivity contribution < 1.29 is 9.13 Å². The van der Waals surface area contributed by atoms with E-state index in [4.69, 9.17) is 15.7 Å². The van der Waals surface area contributed by atoms with Gasteiger partial charge in [-0.15, -0.1) is 0 Å². The molecule has 0 aliphatic carbocycles. The van der Waals surface area contributed by atoms with Gasteiger partial charge in [-0.25, -0.2) is 9.38 Å². The Kier molecular flexibility index (Phi) is 5.65. The number of para-hydroxylation sites is 1. The zero-order chi connectivity index (χ0) is 19.1. The third kappa shape index (κ3) is 5.06. The van der Waals surface area contributed by atoms with Gasteiger partial charge >= 0.3 is 0 Å². The molecule has 0 aromatic heterocycles. The lowest BCUT2D eigenvalue weighted by Gasteiger charge is -2.09. The maximum absolute atomic E-state index is 13.8. The molecular formula is C21H17FN4O. The van der Waals surface area contributed by atoms with Gasteiger partial charge in [0.05, 0.1) is 18.2 Å². The highest BCUT2D eigenvalue weighted by Gasteiger charge is 2.04. The van der Waals surface area contributed by atoms with E-state index in [0.29, 0.717) is 22.6 Å². The second-order valence-electron chi connectivity index (χ2n) is 5.69. The first-order valence-electron chi connectivity index (χ1n) is 8.22. The maximum atomic E-state index is 13.8. The molecular weight excluding hydrogens is 343 g/mol. The van der Waals surface area contributed by atoms with Crippen LogP contribution in [0.4, 0.5) is 10.1 Å². The van der Waals surface area contributed by atoms with Gasteiger partial charge in [0.1, 0.15) is 17.3 Å². The summed E-state index contributed by atoms with van der Waals surface area (Å²) < 4.78 is 19.6. The van der Waals surface area contributed by atoms with Crippen molar-refractivity contribution in [3.63, 3.8) is 0 Å². The minimum Gasteiger partial charge on any atom is -0.457 e. The van der Waals surface area contributed by atoms with Crippen LogP contribution in [0, 0.1) is 17.1 Å². The smallest absolute Gasteiger partial charge is 0.193 e. The van der Waals surface area contributed by atoms with Crippen molar-refractivity contribution in [2.45, 2.75) is 6.54 Å². The van der Waals surface area contributed by atoms with Crippen molar-refractivity contribution in [3.05, 3.63) is 89.7 Å². The summed E-state index contributed by atoms with van der Waals surface area (Å²) in [7, 11) is 0. The Morgan fingerprint density at radius 1 is 1.04 bits per heavy atom. The molecule has 0 radical (unpaired) electrons. The largest absolute Gasteiger partial charge is 0.457 e. The van der Waals surface area contributed by atoms with Crippen LogP contribution in [-0.4, -0.2) is 5.96 Å². The number of rotatable bonds is 5. The van der Waals surface area contributed by atoms with Gasteiger partial charge in [0.25, 0.3) is 0 Å². The first-order valence-corrected chi connectivity index (χ1v) is 8.22. The van der Waals surface area contributed by atoms with Crippen molar-refractivity contribution in [1.29, 1.82) is 5.26 Å². The van der Waals surface area contributed by atoms with E-state index >= 15 is 0 Å². The Morgan fingerprint density at radius 2 is 1.81 bits per heavy atom. The highest BCUT2D eigenvalue weighted by molar-refractivity contribution is 5.92. The average molecular weight is 360 g/mol. The molecule has 0 unspecified atom stereocenters. The van der Waals surface area contributed by atoms with E-state index in [1.165, 1.54) is 18.2 Å². The molecule has 0 fully saturated rings. The van der Waals surface area contributed by atoms with Crippen LogP contribution in [0.25, 0.3) is 0 Å². The number of nitrogens with one attached hydrogen (secondary N) is 1. The molecule has 0 amide bonds. The van der Waals surface area contributed by atoms with Gasteiger partial charge in [-0.3, -0.25) is 0 Å². The molecule has 6 heteroatoms. The predicted molar refractivity (Wildman–Crippen MR) is 103 cm³/mol. The topological polar surface area (TPSA) is 83.4 Å². The Morgan fingerprint density at radius 3 is 2.59 bits per heavy atom. The third-order valence-electron chi connectivity index (χ3n) is 3.68. The Bertz CT molecular complexity index is 997. The minimum absolute atomic E-state index is 0.0282. The molecule has 134 valence electrons. The average Bonchev–Trinajstić information content (AvgIpc) is 2.68. The maximum Gasteiger partial charge on any atom is 0.193 e.